The summed E-state index contributed by atoms with van der Waals surface area (Å²) in [5.41, 5.74) is 2.18. The van der Waals surface area contributed by atoms with E-state index in [4.69, 9.17) is 0 Å². The van der Waals surface area contributed by atoms with Crippen molar-refractivity contribution in [2.24, 2.45) is 0 Å². The molecular weight excluding hydrogens is 334 g/mol. The van der Waals surface area contributed by atoms with E-state index in [2.05, 4.69) is 5.32 Å². The van der Waals surface area contributed by atoms with Gasteiger partial charge in [-0.2, -0.15) is 0 Å². The Hall–Kier alpha value is -3.22. The predicted octanol–water partition coefficient (Wildman–Crippen LogP) is 3.54. The third kappa shape index (κ3) is 3.42. The number of carbonyl (C=O) groups excluding carboxylic acids is 2. The van der Waals surface area contributed by atoms with E-state index in [0.717, 1.165) is 17.7 Å². The Morgan fingerprint density at radius 2 is 2.00 bits per heavy atom. The van der Waals surface area contributed by atoms with Gasteiger partial charge in [-0.05, 0) is 42.7 Å². The second kappa shape index (κ2) is 7.35. The van der Waals surface area contributed by atoms with E-state index in [0.29, 0.717) is 25.1 Å². The van der Waals surface area contributed by atoms with Crippen LogP contribution in [0, 0.1) is 10.1 Å². The summed E-state index contributed by atoms with van der Waals surface area (Å²) in [6.07, 6.45) is 1.92. The monoisotopic (exact) mass is 353 g/mol. The third-order valence-electron chi connectivity index (χ3n) is 4.33. The molecule has 2 aromatic rings. The number of nitro benzene ring substituents is 1. The summed E-state index contributed by atoms with van der Waals surface area (Å²) in [4.78, 5) is 36.8. The van der Waals surface area contributed by atoms with Gasteiger partial charge in [0.2, 0.25) is 5.91 Å². The molecule has 7 nitrogen and oxygen atoms in total. The first-order valence-corrected chi connectivity index (χ1v) is 8.49. The molecule has 2 aromatic carbocycles. The Kier molecular flexibility index (Phi) is 4.97. The third-order valence-corrected chi connectivity index (χ3v) is 4.33. The highest BCUT2D eigenvalue weighted by Crippen LogP contribution is 2.31. The highest BCUT2D eigenvalue weighted by atomic mass is 16.6. The Balaban J connectivity index is 1.85. The van der Waals surface area contributed by atoms with Gasteiger partial charge in [0.25, 0.3) is 11.6 Å². The van der Waals surface area contributed by atoms with Crippen molar-refractivity contribution in [3.63, 3.8) is 0 Å². The molecule has 0 spiro atoms. The molecule has 1 aliphatic heterocycles. The van der Waals surface area contributed by atoms with Crippen LogP contribution in [0.25, 0.3) is 0 Å². The van der Waals surface area contributed by atoms with Gasteiger partial charge in [0, 0.05) is 30.4 Å². The molecule has 0 saturated carbocycles. The van der Waals surface area contributed by atoms with Gasteiger partial charge in [-0.1, -0.05) is 19.1 Å². The highest BCUT2D eigenvalue weighted by Gasteiger charge is 2.24. The van der Waals surface area contributed by atoms with Gasteiger partial charge in [0.05, 0.1) is 4.92 Å². The fraction of sp³-hybridized carbons (Fsp3) is 0.263. The summed E-state index contributed by atoms with van der Waals surface area (Å²) < 4.78 is 0. The van der Waals surface area contributed by atoms with Crippen LogP contribution in [0.3, 0.4) is 0 Å². The van der Waals surface area contributed by atoms with Crippen molar-refractivity contribution in [3.8, 4) is 0 Å². The molecule has 0 aromatic heterocycles. The number of nitro groups is 1. The number of fused-ring (bicyclic) bond motifs is 1. The number of aryl methyl sites for hydroxylation is 1. The Bertz CT molecular complexity index is 879. The second-order valence-electron chi connectivity index (χ2n) is 6.12. The first kappa shape index (κ1) is 17.6. The van der Waals surface area contributed by atoms with Crippen LogP contribution in [0.1, 0.15) is 35.7 Å². The minimum absolute atomic E-state index is 0.0120. The van der Waals surface area contributed by atoms with Crippen LogP contribution in [0.2, 0.25) is 0 Å². The molecular formula is C19H19N3O4. The molecule has 1 heterocycles. The summed E-state index contributed by atoms with van der Waals surface area (Å²) in [5, 5.41) is 13.8. The largest absolute Gasteiger partial charge is 0.322 e. The van der Waals surface area contributed by atoms with Gasteiger partial charge in [0.15, 0.2) is 0 Å². The van der Waals surface area contributed by atoms with Crippen LogP contribution in [0.5, 0.6) is 0 Å². The number of nitrogens with one attached hydrogen (secondary N) is 1. The van der Waals surface area contributed by atoms with E-state index in [9.17, 15) is 19.7 Å². The molecule has 7 heteroatoms. The summed E-state index contributed by atoms with van der Waals surface area (Å²) in [5.74, 6) is -0.425. The number of amides is 2. The lowest BCUT2D eigenvalue weighted by Gasteiger charge is -2.29. The molecule has 0 fully saturated rings. The van der Waals surface area contributed by atoms with Crippen molar-refractivity contribution in [1.29, 1.82) is 0 Å². The average Bonchev–Trinajstić information content (AvgIpc) is 2.64. The van der Waals surface area contributed by atoms with Gasteiger partial charge in [-0.25, -0.2) is 0 Å². The lowest BCUT2D eigenvalue weighted by atomic mass is 10.00. The fourth-order valence-corrected chi connectivity index (χ4v) is 3.13. The van der Waals surface area contributed by atoms with Gasteiger partial charge >= 0.3 is 0 Å². The van der Waals surface area contributed by atoms with Gasteiger partial charge in [-0.3, -0.25) is 19.7 Å². The SMILES string of the molecule is CCCN1C(=O)CCc2cc(NC(=O)c3ccccc3[N+](=O)[O-])ccc21. The van der Waals surface area contributed by atoms with Gasteiger partial charge in [0.1, 0.15) is 5.56 Å². The highest BCUT2D eigenvalue weighted by molar-refractivity contribution is 6.07. The molecule has 0 atom stereocenters. The van der Waals surface area contributed by atoms with Crippen molar-refractivity contribution >= 4 is 28.9 Å². The number of anilines is 2. The van der Waals surface area contributed by atoms with Crippen LogP contribution >= 0.6 is 0 Å². The quantitative estimate of drug-likeness (QED) is 0.657. The lowest BCUT2D eigenvalue weighted by molar-refractivity contribution is -0.385. The molecule has 0 saturated heterocycles. The van der Waals surface area contributed by atoms with Crippen LogP contribution in [-0.2, 0) is 11.2 Å². The number of nitrogens with zero attached hydrogens (tertiary/aromatic N) is 2. The zero-order valence-corrected chi connectivity index (χ0v) is 14.4. The smallest absolute Gasteiger partial charge is 0.282 e. The Labute approximate surface area is 150 Å². The van der Waals surface area contributed by atoms with E-state index in [-0.39, 0.29) is 17.2 Å². The van der Waals surface area contributed by atoms with Crippen LogP contribution in [0.4, 0.5) is 17.1 Å². The standard InChI is InChI=1S/C19H19N3O4/c1-2-11-21-16-9-8-14(12-13(16)7-10-18(21)23)20-19(24)15-5-3-4-6-17(15)22(25)26/h3-6,8-9,12H,2,7,10-11H2,1H3,(H,20,24). The van der Waals surface area contributed by atoms with E-state index in [1.165, 1.54) is 18.2 Å². The molecule has 3 rings (SSSR count). The first-order chi connectivity index (χ1) is 12.5. The molecule has 26 heavy (non-hydrogen) atoms. The number of carbonyl (C=O) groups is 2. The van der Waals surface area contributed by atoms with Crippen LogP contribution in [0.15, 0.2) is 42.5 Å². The predicted molar refractivity (Wildman–Crippen MR) is 98.5 cm³/mol. The fourth-order valence-electron chi connectivity index (χ4n) is 3.13. The van der Waals surface area contributed by atoms with Crippen molar-refractivity contribution in [3.05, 3.63) is 63.7 Å². The molecule has 0 aliphatic carbocycles. The topological polar surface area (TPSA) is 92.6 Å². The molecule has 1 aliphatic rings. The van der Waals surface area contributed by atoms with E-state index in [1.807, 2.05) is 19.1 Å². The molecule has 0 radical (unpaired) electrons. The summed E-state index contributed by atoms with van der Waals surface area (Å²) in [6.45, 7) is 2.68. The first-order valence-electron chi connectivity index (χ1n) is 8.49. The Morgan fingerprint density at radius 3 is 2.73 bits per heavy atom. The van der Waals surface area contributed by atoms with Crippen molar-refractivity contribution < 1.29 is 14.5 Å². The van der Waals surface area contributed by atoms with Gasteiger partial charge in [-0.15, -0.1) is 0 Å². The van der Waals surface area contributed by atoms with E-state index >= 15 is 0 Å². The normalized spacial score (nSPS) is 13.3. The van der Waals surface area contributed by atoms with E-state index < -0.39 is 10.8 Å². The molecule has 2 amide bonds. The van der Waals surface area contributed by atoms with Crippen molar-refractivity contribution in [2.45, 2.75) is 26.2 Å². The minimum atomic E-state index is -0.573. The number of hydrogen-bond acceptors (Lipinski definition) is 4. The van der Waals surface area contributed by atoms with Crippen molar-refractivity contribution in [1.82, 2.24) is 0 Å². The van der Waals surface area contributed by atoms with E-state index in [1.54, 1.807) is 17.0 Å². The number of benzene rings is 2. The molecule has 0 unspecified atom stereocenters. The Morgan fingerprint density at radius 1 is 1.23 bits per heavy atom. The van der Waals surface area contributed by atoms with Crippen LogP contribution in [-0.4, -0.2) is 23.3 Å². The number of rotatable bonds is 5. The molecule has 1 N–H and O–H groups in total. The number of para-hydroxylation sites is 1. The maximum absolute atomic E-state index is 12.4. The second-order valence-corrected chi connectivity index (χ2v) is 6.12. The van der Waals surface area contributed by atoms with Crippen LogP contribution < -0.4 is 10.2 Å². The molecule has 134 valence electrons. The summed E-state index contributed by atoms with van der Waals surface area (Å²) in [6, 6.07) is 11.2. The zero-order valence-electron chi connectivity index (χ0n) is 14.4. The van der Waals surface area contributed by atoms with Crippen molar-refractivity contribution in [2.75, 3.05) is 16.8 Å². The zero-order chi connectivity index (χ0) is 18.7. The lowest BCUT2D eigenvalue weighted by Crippen LogP contribution is -2.35. The summed E-state index contributed by atoms with van der Waals surface area (Å²) >= 11 is 0. The maximum atomic E-state index is 12.4. The minimum Gasteiger partial charge on any atom is -0.322 e. The maximum Gasteiger partial charge on any atom is 0.282 e. The van der Waals surface area contributed by atoms with Gasteiger partial charge < -0.3 is 10.2 Å². The number of hydrogen-bond donors (Lipinski definition) is 1. The average molecular weight is 353 g/mol. The summed E-state index contributed by atoms with van der Waals surface area (Å²) in [7, 11) is 0. The molecule has 0 bridgehead atoms.